The van der Waals surface area contributed by atoms with Crippen molar-refractivity contribution in [3.8, 4) is 17.7 Å². The molecule has 8 nitrogen and oxygen atoms in total. The van der Waals surface area contributed by atoms with Crippen molar-refractivity contribution in [3.05, 3.63) is 47.2 Å². The quantitative estimate of drug-likeness (QED) is 0.650. The zero-order valence-electron chi connectivity index (χ0n) is 17.0. The molecule has 0 bridgehead atoms. The Bertz CT molecular complexity index is 1180. The van der Waals surface area contributed by atoms with E-state index >= 15 is 0 Å². The maximum Gasteiger partial charge on any atom is 0.310 e. The van der Waals surface area contributed by atoms with Crippen LogP contribution in [0.3, 0.4) is 0 Å². The number of hydrogen-bond donors (Lipinski definition) is 0. The average Bonchev–Trinajstić information content (AvgIpc) is 2.71. The zero-order chi connectivity index (χ0) is 22.1. The van der Waals surface area contributed by atoms with Crippen molar-refractivity contribution in [2.45, 2.75) is 26.7 Å². The van der Waals surface area contributed by atoms with E-state index in [1.54, 1.807) is 31.2 Å². The number of aliphatic imine (C=N–C) groups is 1. The topological polar surface area (TPSA) is 119 Å². The van der Waals surface area contributed by atoms with Gasteiger partial charge in [0.05, 0.1) is 41.7 Å². The molecule has 0 saturated heterocycles. The molecule has 0 radical (unpaired) electrons. The number of pyridine rings is 1. The van der Waals surface area contributed by atoms with Crippen LogP contribution in [0.2, 0.25) is 0 Å². The molecule has 2 unspecified atom stereocenters. The minimum absolute atomic E-state index is 0.117. The van der Waals surface area contributed by atoms with Gasteiger partial charge < -0.3 is 8.92 Å². The van der Waals surface area contributed by atoms with Crippen molar-refractivity contribution < 1.29 is 22.1 Å². The first kappa shape index (κ1) is 21.5. The molecule has 9 heteroatoms. The molecule has 0 spiro atoms. The van der Waals surface area contributed by atoms with E-state index in [0.717, 1.165) is 0 Å². The van der Waals surface area contributed by atoms with Gasteiger partial charge in [0.1, 0.15) is 11.5 Å². The van der Waals surface area contributed by atoms with Crippen LogP contribution in [0.5, 0.6) is 11.6 Å². The molecule has 1 aromatic heterocycles. The molecule has 1 aliphatic heterocycles. The lowest BCUT2D eigenvalue weighted by atomic mass is 9.74. The largest absolute Gasteiger partial charge is 0.496 e. The molecular formula is C21H21N3O5S. The number of nitrogens with zero attached hydrogens (tertiary/aromatic N) is 3. The highest BCUT2D eigenvalue weighted by atomic mass is 32.2. The third-order valence-corrected chi connectivity index (χ3v) is 6.14. The number of benzene rings is 1. The van der Waals surface area contributed by atoms with Gasteiger partial charge in [-0.05, 0) is 39.0 Å². The van der Waals surface area contributed by atoms with Crippen molar-refractivity contribution in [1.29, 1.82) is 5.26 Å². The Labute approximate surface area is 175 Å². The van der Waals surface area contributed by atoms with Crippen molar-refractivity contribution >= 4 is 27.3 Å². The van der Waals surface area contributed by atoms with E-state index in [-0.39, 0.29) is 17.4 Å². The summed E-state index contributed by atoms with van der Waals surface area (Å²) in [6.07, 6.45) is 1.41. The Morgan fingerprint density at radius 2 is 2.03 bits per heavy atom. The Morgan fingerprint density at radius 1 is 1.30 bits per heavy atom. The highest BCUT2D eigenvalue weighted by molar-refractivity contribution is 7.87. The molecule has 1 aliphatic rings. The monoisotopic (exact) mass is 427 g/mol. The smallest absolute Gasteiger partial charge is 0.310 e. The molecule has 30 heavy (non-hydrogen) atoms. The SMILES string of the molecule is CCS(=O)(=O)Oc1nccc2c1C(c1ccc(C#N)cc1OC)C(C(C)=O)C(C)=N2. The standard InChI is InChI=1S/C21H21N3O5S/c1-5-30(26,27)29-21-20-16(8-9-23-21)24-12(2)18(13(3)25)19(20)15-7-6-14(11-22)10-17(15)28-4/h6-10,18-19H,5H2,1-4H3. The van der Waals surface area contributed by atoms with Crippen LogP contribution in [0.15, 0.2) is 35.5 Å². The maximum absolute atomic E-state index is 12.6. The van der Waals surface area contributed by atoms with Crippen molar-refractivity contribution in [1.82, 2.24) is 4.98 Å². The Kier molecular flexibility index (Phi) is 5.89. The summed E-state index contributed by atoms with van der Waals surface area (Å²) in [4.78, 5) is 21.3. The molecule has 1 aromatic carbocycles. The second-order valence-electron chi connectivity index (χ2n) is 6.87. The number of fused-ring (bicyclic) bond motifs is 1. The van der Waals surface area contributed by atoms with Crippen LogP contribution >= 0.6 is 0 Å². The van der Waals surface area contributed by atoms with Gasteiger partial charge in [0, 0.05) is 23.4 Å². The summed E-state index contributed by atoms with van der Waals surface area (Å²) in [7, 11) is -2.39. The first-order valence-corrected chi connectivity index (χ1v) is 10.8. The number of ether oxygens (including phenoxy) is 1. The van der Waals surface area contributed by atoms with Gasteiger partial charge in [-0.15, -0.1) is 0 Å². The van der Waals surface area contributed by atoms with Crippen LogP contribution in [-0.4, -0.2) is 37.8 Å². The fourth-order valence-electron chi connectivity index (χ4n) is 3.65. The number of nitriles is 1. The Hall–Kier alpha value is -3.25. The summed E-state index contributed by atoms with van der Waals surface area (Å²) >= 11 is 0. The summed E-state index contributed by atoms with van der Waals surface area (Å²) in [5.41, 5.74) is 2.45. The maximum atomic E-state index is 12.6. The highest BCUT2D eigenvalue weighted by Crippen LogP contribution is 2.48. The molecular weight excluding hydrogens is 406 g/mol. The number of carbonyl (C=O) groups is 1. The van der Waals surface area contributed by atoms with Gasteiger partial charge in [-0.3, -0.25) is 9.79 Å². The Morgan fingerprint density at radius 3 is 2.63 bits per heavy atom. The normalized spacial score (nSPS) is 18.0. The predicted octanol–water partition coefficient (Wildman–Crippen LogP) is 3.13. The van der Waals surface area contributed by atoms with Gasteiger partial charge in [-0.1, -0.05) is 6.07 Å². The van der Waals surface area contributed by atoms with Crippen LogP contribution in [0.4, 0.5) is 5.69 Å². The summed E-state index contributed by atoms with van der Waals surface area (Å²) in [5.74, 6) is -1.41. The van der Waals surface area contributed by atoms with E-state index in [1.807, 2.05) is 0 Å². The summed E-state index contributed by atoms with van der Waals surface area (Å²) in [6.45, 7) is 4.67. The fraction of sp³-hybridized carbons (Fsp3) is 0.333. The summed E-state index contributed by atoms with van der Waals surface area (Å²) < 4.78 is 35.1. The molecule has 156 valence electrons. The minimum Gasteiger partial charge on any atom is -0.496 e. The van der Waals surface area contributed by atoms with E-state index in [1.165, 1.54) is 27.2 Å². The number of aromatic nitrogens is 1. The van der Waals surface area contributed by atoms with E-state index in [0.29, 0.717) is 33.8 Å². The average molecular weight is 427 g/mol. The van der Waals surface area contributed by atoms with Gasteiger partial charge in [0.15, 0.2) is 0 Å². The second-order valence-corrected chi connectivity index (χ2v) is 8.73. The molecule has 0 amide bonds. The first-order chi connectivity index (χ1) is 14.2. The first-order valence-electron chi connectivity index (χ1n) is 9.27. The number of hydrogen-bond acceptors (Lipinski definition) is 8. The molecule has 2 aromatic rings. The molecule has 0 fully saturated rings. The highest BCUT2D eigenvalue weighted by Gasteiger charge is 2.40. The number of ketones is 1. The predicted molar refractivity (Wildman–Crippen MR) is 111 cm³/mol. The van der Waals surface area contributed by atoms with Gasteiger partial charge in [0.2, 0.25) is 5.88 Å². The zero-order valence-corrected chi connectivity index (χ0v) is 17.9. The van der Waals surface area contributed by atoms with Crippen LogP contribution in [0.25, 0.3) is 0 Å². The van der Waals surface area contributed by atoms with Gasteiger partial charge in [-0.25, -0.2) is 4.98 Å². The molecule has 2 heterocycles. The van der Waals surface area contributed by atoms with Gasteiger partial charge >= 0.3 is 10.1 Å². The van der Waals surface area contributed by atoms with Gasteiger partial charge in [-0.2, -0.15) is 13.7 Å². The minimum atomic E-state index is -3.86. The number of carbonyl (C=O) groups excluding carboxylic acids is 1. The van der Waals surface area contributed by atoms with Gasteiger partial charge in [0.25, 0.3) is 0 Å². The van der Waals surface area contributed by atoms with Crippen LogP contribution < -0.4 is 8.92 Å². The molecule has 2 atom stereocenters. The van der Waals surface area contributed by atoms with E-state index in [4.69, 9.17) is 8.92 Å². The lowest BCUT2D eigenvalue weighted by molar-refractivity contribution is -0.119. The van der Waals surface area contributed by atoms with Crippen molar-refractivity contribution in [3.63, 3.8) is 0 Å². The third-order valence-electron chi connectivity index (χ3n) is 5.02. The van der Waals surface area contributed by atoms with E-state index < -0.39 is 22.0 Å². The van der Waals surface area contributed by atoms with E-state index in [9.17, 15) is 18.5 Å². The van der Waals surface area contributed by atoms with E-state index in [2.05, 4.69) is 16.0 Å². The number of Topliss-reactive ketones (excluding diaryl/α,β-unsaturated/α-hetero) is 1. The lowest BCUT2D eigenvalue weighted by Gasteiger charge is -2.32. The molecule has 0 aliphatic carbocycles. The lowest BCUT2D eigenvalue weighted by Crippen LogP contribution is -2.31. The molecule has 0 N–H and O–H groups in total. The van der Waals surface area contributed by atoms with Crippen LogP contribution in [-0.2, 0) is 14.9 Å². The van der Waals surface area contributed by atoms with Crippen LogP contribution in [0, 0.1) is 17.2 Å². The third kappa shape index (κ3) is 3.91. The van der Waals surface area contributed by atoms with Crippen LogP contribution in [0.1, 0.15) is 43.4 Å². The molecule has 0 saturated carbocycles. The second kappa shape index (κ2) is 8.24. The number of rotatable bonds is 6. The van der Waals surface area contributed by atoms with Crippen molar-refractivity contribution in [2.75, 3.05) is 12.9 Å². The summed E-state index contributed by atoms with van der Waals surface area (Å²) in [6, 6.07) is 8.60. The number of methoxy groups -OCH3 is 1. The molecule has 3 rings (SSSR count). The Balaban J connectivity index is 2.33. The fourth-order valence-corrected chi connectivity index (χ4v) is 4.14. The van der Waals surface area contributed by atoms with Crippen molar-refractivity contribution in [2.24, 2.45) is 10.9 Å². The summed E-state index contributed by atoms with van der Waals surface area (Å²) in [5, 5.41) is 9.22.